The minimum Gasteiger partial charge on any atom is -0.481 e. The van der Waals surface area contributed by atoms with Gasteiger partial charge in [0.2, 0.25) is 0 Å². The first-order valence-corrected chi connectivity index (χ1v) is 10.4. The van der Waals surface area contributed by atoms with Crippen LogP contribution in [0, 0.1) is 11.8 Å². The second-order valence-corrected chi connectivity index (χ2v) is 8.85. The Labute approximate surface area is 171 Å². The Morgan fingerprint density at radius 1 is 1.39 bits per heavy atom. The van der Waals surface area contributed by atoms with Crippen molar-refractivity contribution >= 4 is 23.6 Å². The lowest BCUT2D eigenvalue weighted by atomic mass is 9.77. The van der Waals surface area contributed by atoms with Gasteiger partial charge in [-0.3, -0.25) is 4.79 Å². The summed E-state index contributed by atoms with van der Waals surface area (Å²) in [5.74, 6) is -0.0111. The second kappa shape index (κ2) is 8.16. The molecule has 2 amide bonds. The molecule has 5 nitrogen and oxygen atoms in total. The minimum atomic E-state index is -0.922. The van der Waals surface area contributed by atoms with Gasteiger partial charge in [0, 0.05) is 17.8 Å². The third kappa shape index (κ3) is 4.19. The molecule has 1 aliphatic heterocycles. The van der Waals surface area contributed by atoms with Crippen LogP contribution < -0.4 is 5.32 Å². The van der Waals surface area contributed by atoms with E-state index in [1.807, 2.05) is 19.2 Å². The van der Waals surface area contributed by atoms with E-state index in [1.54, 1.807) is 0 Å². The topological polar surface area (TPSA) is 69.6 Å². The van der Waals surface area contributed by atoms with Crippen LogP contribution in [0.5, 0.6) is 0 Å². The fourth-order valence-electron chi connectivity index (χ4n) is 4.09. The number of rotatable bonds is 7. The standard InChI is InChI=1S/C22H29ClN2O3/c1-14(2)18-13-25(10-9-20(26)27)21(28)24-22(18,3)17-8-7-16(19(23)12-17)11-15-5-4-6-15/h7-8,12-15H,4-6,9-11H2,1-3H3,(H,24,28)(H,26,27)/t22-/m0/s1. The Bertz CT molecular complexity index is 801. The molecule has 0 bridgehead atoms. The summed E-state index contributed by atoms with van der Waals surface area (Å²) in [7, 11) is 0. The predicted molar refractivity (Wildman–Crippen MR) is 110 cm³/mol. The van der Waals surface area contributed by atoms with Gasteiger partial charge in [-0.2, -0.15) is 0 Å². The van der Waals surface area contributed by atoms with Gasteiger partial charge in [0.1, 0.15) is 0 Å². The third-order valence-electron chi connectivity index (χ3n) is 6.04. The average Bonchev–Trinajstić information content (AvgIpc) is 2.57. The lowest BCUT2D eigenvalue weighted by Crippen LogP contribution is -2.55. The zero-order valence-electron chi connectivity index (χ0n) is 16.8. The molecule has 3 rings (SSSR count). The Balaban J connectivity index is 1.90. The summed E-state index contributed by atoms with van der Waals surface area (Å²) in [5.41, 5.74) is 2.46. The number of nitrogens with zero attached hydrogens (tertiary/aromatic N) is 1. The normalized spacial score (nSPS) is 22.7. The van der Waals surface area contributed by atoms with Crippen LogP contribution in [0.3, 0.4) is 0 Å². The average molecular weight is 405 g/mol. The molecule has 6 heteroatoms. The van der Waals surface area contributed by atoms with Gasteiger partial charge in [0.05, 0.1) is 12.0 Å². The highest BCUT2D eigenvalue weighted by molar-refractivity contribution is 6.31. The summed E-state index contributed by atoms with van der Waals surface area (Å²) in [6.45, 7) is 6.28. The van der Waals surface area contributed by atoms with E-state index in [2.05, 4.69) is 31.3 Å². The van der Waals surface area contributed by atoms with Crippen LogP contribution >= 0.6 is 11.6 Å². The summed E-state index contributed by atoms with van der Waals surface area (Å²) in [6.07, 6.45) is 6.59. The van der Waals surface area contributed by atoms with E-state index in [-0.39, 0.29) is 24.9 Å². The SMILES string of the molecule is CC(C)C1=CN(CCC(=O)O)C(=O)N[C@@]1(C)c1ccc(CC2CCC2)c(Cl)c1. The van der Waals surface area contributed by atoms with Gasteiger partial charge in [0.15, 0.2) is 0 Å². The van der Waals surface area contributed by atoms with Crippen molar-refractivity contribution in [1.29, 1.82) is 0 Å². The van der Waals surface area contributed by atoms with E-state index in [4.69, 9.17) is 16.7 Å². The maximum absolute atomic E-state index is 12.7. The Hall–Kier alpha value is -2.01. The first kappa shape index (κ1) is 20.7. The molecule has 1 atom stereocenters. The van der Waals surface area contributed by atoms with E-state index in [0.29, 0.717) is 0 Å². The number of urea groups is 1. The van der Waals surface area contributed by atoms with Gasteiger partial charge >= 0.3 is 12.0 Å². The highest BCUT2D eigenvalue weighted by Crippen LogP contribution is 2.39. The molecule has 28 heavy (non-hydrogen) atoms. The number of hydrogen-bond acceptors (Lipinski definition) is 2. The second-order valence-electron chi connectivity index (χ2n) is 8.44. The van der Waals surface area contributed by atoms with Crippen molar-refractivity contribution in [3.8, 4) is 0 Å². The number of carbonyl (C=O) groups excluding carboxylic acids is 1. The number of carbonyl (C=O) groups is 2. The molecule has 0 unspecified atom stereocenters. The van der Waals surface area contributed by atoms with Crippen molar-refractivity contribution < 1.29 is 14.7 Å². The fourth-order valence-corrected chi connectivity index (χ4v) is 4.35. The highest BCUT2D eigenvalue weighted by atomic mass is 35.5. The summed E-state index contributed by atoms with van der Waals surface area (Å²) in [6, 6.07) is 5.83. The van der Waals surface area contributed by atoms with E-state index in [0.717, 1.165) is 28.5 Å². The molecule has 1 aliphatic carbocycles. The van der Waals surface area contributed by atoms with E-state index in [1.165, 1.54) is 29.7 Å². The van der Waals surface area contributed by atoms with Gasteiger partial charge in [-0.15, -0.1) is 0 Å². The molecule has 2 N–H and O–H groups in total. The minimum absolute atomic E-state index is 0.0896. The van der Waals surface area contributed by atoms with Crippen molar-refractivity contribution in [1.82, 2.24) is 10.2 Å². The fraction of sp³-hybridized carbons (Fsp3) is 0.545. The predicted octanol–water partition coefficient (Wildman–Crippen LogP) is 4.94. The molecule has 0 spiro atoms. The van der Waals surface area contributed by atoms with Crippen LogP contribution in [0.2, 0.25) is 5.02 Å². The maximum atomic E-state index is 12.7. The van der Waals surface area contributed by atoms with Crippen molar-refractivity contribution in [3.05, 3.63) is 46.1 Å². The monoisotopic (exact) mass is 404 g/mol. The highest BCUT2D eigenvalue weighted by Gasteiger charge is 2.39. The van der Waals surface area contributed by atoms with Crippen molar-refractivity contribution in [3.63, 3.8) is 0 Å². The molecule has 1 fully saturated rings. The Morgan fingerprint density at radius 2 is 2.11 bits per heavy atom. The lowest BCUT2D eigenvalue weighted by Gasteiger charge is -2.42. The molecule has 152 valence electrons. The third-order valence-corrected chi connectivity index (χ3v) is 6.39. The zero-order valence-corrected chi connectivity index (χ0v) is 17.6. The van der Waals surface area contributed by atoms with Crippen LogP contribution in [-0.4, -0.2) is 28.6 Å². The van der Waals surface area contributed by atoms with Gasteiger partial charge in [-0.1, -0.05) is 56.8 Å². The van der Waals surface area contributed by atoms with Crippen LogP contribution in [0.1, 0.15) is 57.6 Å². The molecule has 1 saturated carbocycles. The molecule has 2 aliphatic rings. The van der Waals surface area contributed by atoms with Crippen molar-refractivity contribution in [2.24, 2.45) is 11.8 Å². The first-order chi connectivity index (χ1) is 13.2. The van der Waals surface area contributed by atoms with E-state index in [9.17, 15) is 9.59 Å². The van der Waals surface area contributed by atoms with Crippen LogP contribution in [0.15, 0.2) is 30.0 Å². The molecule has 1 aromatic carbocycles. The lowest BCUT2D eigenvalue weighted by molar-refractivity contribution is -0.137. The number of halogens is 1. The van der Waals surface area contributed by atoms with Gasteiger partial charge in [-0.05, 0) is 47.9 Å². The molecule has 1 heterocycles. The molecule has 0 aromatic heterocycles. The number of aliphatic carboxylic acids is 1. The molecular formula is C22H29ClN2O3. The van der Waals surface area contributed by atoms with Crippen LogP contribution in [-0.2, 0) is 16.8 Å². The van der Waals surface area contributed by atoms with Gasteiger partial charge < -0.3 is 15.3 Å². The van der Waals surface area contributed by atoms with Crippen molar-refractivity contribution in [2.75, 3.05) is 6.54 Å². The molecular weight excluding hydrogens is 376 g/mol. The summed E-state index contributed by atoms with van der Waals surface area (Å²) >= 11 is 6.60. The van der Waals surface area contributed by atoms with E-state index < -0.39 is 11.5 Å². The number of benzene rings is 1. The maximum Gasteiger partial charge on any atom is 0.322 e. The van der Waals surface area contributed by atoms with E-state index >= 15 is 0 Å². The largest absolute Gasteiger partial charge is 0.481 e. The number of carboxylic acid groups (broad SMARTS) is 1. The number of carboxylic acids is 1. The Kier molecular flexibility index (Phi) is 6.04. The quantitative estimate of drug-likeness (QED) is 0.676. The first-order valence-electron chi connectivity index (χ1n) is 10.0. The molecule has 0 saturated heterocycles. The van der Waals surface area contributed by atoms with Crippen LogP contribution in [0.4, 0.5) is 4.79 Å². The molecule has 0 radical (unpaired) electrons. The zero-order chi connectivity index (χ0) is 20.5. The summed E-state index contributed by atoms with van der Waals surface area (Å²) < 4.78 is 0. The van der Waals surface area contributed by atoms with Crippen molar-refractivity contribution in [2.45, 2.75) is 58.4 Å². The summed E-state index contributed by atoms with van der Waals surface area (Å²) in [4.78, 5) is 25.0. The Morgan fingerprint density at radius 3 is 2.64 bits per heavy atom. The van der Waals surface area contributed by atoms with Crippen LogP contribution in [0.25, 0.3) is 0 Å². The molecule has 1 aromatic rings. The smallest absolute Gasteiger partial charge is 0.322 e. The van der Waals surface area contributed by atoms with Gasteiger partial charge in [0.25, 0.3) is 0 Å². The number of amides is 2. The summed E-state index contributed by atoms with van der Waals surface area (Å²) in [5, 5.41) is 12.8. The van der Waals surface area contributed by atoms with Gasteiger partial charge in [-0.25, -0.2) is 4.79 Å². The number of nitrogens with one attached hydrogen (secondary N) is 1. The number of hydrogen-bond donors (Lipinski definition) is 2.